The molecule has 1 atom stereocenters. The monoisotopic (exact) mass is 305 g/mol. The van der Waals surface area contributed by atoms with Gasteiger partial charge in [-0.15, -0.1) is 11.8 Å². The summed E-state index contributed by atoms with van der Waals surface area (Å²) in [6, 6.07) is 12.9. The molecule has 0 radical (unpaired) electrons. The lowest BCUT2D eigenvalue weighted by Crippen LogP contribution is -2.22. The quantitative estimate of drug-likeness (QED) is 0.672. The minimum Gasteiger partial charge on any atom is -0.467 e. The minimum atomic E-state index is -0.628. The van der Waals surface area contributed by atoms with Crippen molar-refractivity contribution < 1.29 is 13.9 Å². The fourth-order valence-corrected chi connectivity index (χ4v) is 2.31. The van der Waals surface area contributed by atoms with Crippen LogP contribution < -0.4 is 5.32 Å². The van der Waals surface area contributed by atoms with E-state index in [2.05, 4.69) is 5.32 Å². The molecule has 2 aromatic rings. The van der Waals surface area contributed by atoms with Crippen molar-refractivity contribution in [1.82, 2.24) is 0 Å². The Balaban J connectivity index is 2.25. The van der Waals surface area contributed by atoms with Crippen LogP contribution in [0, 0.1) is 5.82 Å². The number of rotatable bonds is 5. The zero-order chi connectivity index (χ0) is 15.2. The predicted molar refractivity (Wildman–Crippen MR) is 83.0 cm³/mol. The highest BCUT2D eigenvalue weighted by molar-refractivity contribution is 7.98. The fraction of sp³-hybridized carbons (Fsp3) is 0.188. The maximum atomic E-state index is 12.9. The lowest BCUT2D eigenvalue weighted by atomic mass is 10.1. The first-order valence-corrected chi connectivity index (χ1v) is 7.60. The molecule has 1 unspecified atom stereocenters. The number of ether oxygens (including phenoxy) is 1. The van der Waals surface area contributed by atoms with Gasteiger partial charge in [0.2, 0.25) is 0 Å². The van der Waals surface area contributed by atoms with Gasteiger partial charge in [0.25, 0.3) is 0 Å². The van der Waals surface area contributed by atoms with Crippen LogP contribution in [0.25, 0.3) is 0 Å². The standard InChI is InChI=1S/C16H16FNO2S/c1-20-16(19)15(11-3-9-14(21-2)10-4-11)18-13-7-5-12(17)6-8-13/h3-10,15,18H,1-2H3. The second-order valence-corrected chi connectivity index (χ2v) is 5.26. The number of methoxy groups -OCH3 is 1. The Morgan fingerprint density at radius 3 is 2.29 bits per heavy atom. The number of halogens is 1. The average molecular weight is 305 g/mol. The van der Waals surface area contributed by atoms with Crippen molar-refractivity contribution in [3.8, 4) is 0 Å². The molecule has 0 fully saturated rings. The molecule has 0 saturated heterocycles. The molecule has 3 nitrogen and oxygen atoms in total. The molecule has 0 saturated carbocycles. The van der Waals surface area contributed by atoms with Crippen molar-refractivity contribution in [3.05, 3.63) is 59.9 Å². The molecule has 0 spiro atoms. The number of carbonyl (C=O) groups excluding carboxylic acids is 1. The van der Waals surface area contributed by atoms with E-state index in [9.17, 15) is 9.18 Å². The summed E-state index contributed by atoms with van der Waals surface area (Å²) >= 11 is 1.63. The highest BCUT2D eigenvalue weighted by atomic mass is 32.2. The fourth-order valence-electron chi connectivity index (χ4n) is 1.91. The Hall–Kier alpha value is -2.01. The van der Waals surface area contributed by atoms with Crippen LogP contribution in [0.2, 0.25) is 0 Å². The Bertz CT molecular complexity index is 599. The maximum absolute atomic E-state index is 12.9. The number of nitrogens with one attached hydrogen (secondary N) is 1. The number of anilines is 1. The smallest absolute Gasteiger partial charge is 0.332 e. The van der Waals surface area contributed by atoms with Crippen LogP contribution >= 0.6 is 11.8 Å². The van der Waals surface area contributed by atoms with E-state index in [1.165, 1.54) is 19.2 Å². The van der Waals surface area contributed by atoms with Gasteiger partial charge in [0, 0.05) is 10.6 Å². The van der Waals surface area contributed by atoms with Gasteiger partial charge in [-0.2, -0.15) is 0 Å². The minimum absolute atomic E-state index is 0.320. The van der Waals surface area contributed by atoms with Crippen molar-refractivity contribution in [2.75, 3.05) is 18.7 Å². The van der Waals surface area contributed by atoms with Gasteiger partial charge in [-0.25, -0.2) is 9.18 Å². The molecule has 2 aromatic carbocycles. The van der Waals surface area contributed by atoms with Crippen LogP contribution in [-0.4, -0.2) is 19.3 Å². The summed E-state index contributed by atoms with van der Waals surface area (Å²) < 4.78 is 17.8. The summed E-state index contributed by atoms with van der Waals surface area (Å²) in [5.74, 6) is -0.712. The lowest BCUT2D eigenvalue weighted by Gasteiger charge is -2.18. The molecule has 0 amide bonds. The Kier molecular flexibility index (Phi) is 5.22. The van der Waals surface area contributed by atoms with Crippen LogP contribution in [-0.2, 0) is 9.53 Å². The first kappa shape index (κ1) is 15.4. The molecule has 0 aliphatic rings. The van der Waals surface area contributed by atoms with E-state index in [-0.39, 0.29) is 5.82 Å². The van der Waals surface area contributed by atoms with Crippen molar-refractivity contribution in [3.63, 3.8) is 0 Å². The number of hydrogen-bond donors (Lipinski definition) is 1. The van der Waals surface area contributed by atoms with Gasteiger partial charge in [0.05, 0.1) is 7.11 Å². The van der Waals surface area contributed by atoms with E-state index in [4.69, 9.17) is 4.74 Å². The van der Waals surface area contributed by atoms with Crippen molar-refractivity contribution in [2.45, 2.75) is 10.9 Å². The number of thioether (sulfide) groups is 1. The van der Waals surface area contributed by atoms with Crippen molar-refractivity contribution in [2.24, 2.45) is 0 Å². The number of hydrogen-bond acceptors (Lipinski definition) is 4. The third kappa shape index (κ3) is 3.98. The number of esters is 1. The van der Waals surface area contributed by atoms with E-state index in [0.717, 1.165) is 10.5 Å². The second-order valence-electron chi connectivity index (χ2n) is 4.38. The van der Waals surface area contributed by atoms with Gasteiger partial charge in [-0.3, -0.25) is 0 Å². The van der Waals surface area contributed by atoms with Gasteiger partial charge >= 0.3 is 5.97 Å². The Labute approximate surface area is 127 Å². The summed E-state index contributed by atoms with van der Waals surface area (Å²) in [6.07, 6.45) is 1.99. The second kappa shape index (κ2) is 7.13. The van der Waals surface area contributed by atoms with E-state index in [1.54, 1.807) is 23.9 Å². The largest absolute Gasteiger partial charge is 0.467 e. The summed E-state index contributed by atoms with van der Waals surface area (Å²) in [4.78, 5) is 13.1. The maximum Gasteiger partial charge on any atom is 0.332 e. The molecule has 5 heteroatoms. The first-order valence-electron chi connectivity index (χ1n) is 6.38. The van der Waals surface area contributed by atoms with Crippen LogP contribution in [0.5, 0.6) is 0 Å². The van der Waals surface area contributed by atoms with Crippen LogP contribution in [0.1, 0.15) is 11.6 Å². The van der Waals surface area contributed by atoms with Crippen molar-refractivity contribution >= 4 is 23.4 Å². The normalized spacial score (nSPS) is 11.8. The predicted octanol–water partition coefficient (Wildman–Crippen LogP) is 3.87. The average Bonchev–Trinajstić information content (AvgIpc) is 2.54. The van der Waals surface area contributed by atoms with E-state index >= 15 is 0 Å². The topological polar surface area (TPSA) is 38.3 Å². The lowest BCUT2D eigenvalue weighted by molar-refractivity contribution is -0.141. The molecule has 0 bridgehead atoms. The highest BCUT2D eigenvalue weighted by Gasteiger charge is 2.21. The first-order chi connectivity index (χ1) is 10.1. The molecule has 1 N–H and O–H groups in total. The molecule has 0 aliphatic heterocycles. The van der Waals surface area contributed by atoms with Crippen LogP contribution in [0.15, 0.2) is 53.4 Å². The van der Waals surface area contributed by atoms with Gasteiger partial charge in [0.1, 0.15) is 5.82 Å². The van der Waals surface area contributed by atoms with Gasteiger partial charge in [-0.05, 0) is 48.2 Å². The van der Waals surface area contributed by atoms with E-state index in [0.29, 0.717) is 5.69 Å². The van der Waals surface area contributed by atoms with Crippen LogP contribution in [0.3, 0.4) is 0 Å². The summed E-state index contributed by atoms with van der Waals surface area (Å²) in [5.41, 5.74) is 1.45. The zero-order valence-electron chi connectivity index (χ0n) is 11.8. The zero-order valence-corrected chi connectivity index (χ0v) is 12.6. The molecule has 21 heavy (non-hydrogen) atoms. The van der Waals surface area contributed by atoms with E-state index in [1.807, 2.05) is 30.5 Å². The molecule has 0 heterocycles. The Morgan fingerprint density at radius 1 is 1.14 bits per heavy atom. The third-order valence-corrected chi connectivity index (χ3v) is 3.78. The van der Waals surface area contributed by atoms with Gasteiger partial charge in [-0.1, -0.05) is 12.1 Å². The summed E-state index contributed by atoms with van der Waals surface area (Å²) in [5, 5.41) is 3.06. The number of benzene rings is 2. The molecule has 0 aliphatic carbocycles. The molecule has 0 aromatic heterocycles. The molecule has 110 valence electrons. The number of carbonyl (C=O) groups is 1. The van der Waals surface area contributed by atoms with E-state index < -0.39 is 12.0 Å². The summed E-state index contributed by atoms with van der Waals surface area (Å²) in [6.45, 7) is 0. The van der Waals surface area contributed by atoms with Crippen molar-refractivity contribution in [1.29, 1.82) is 0 Å². The SMILES string of the molecule is COC(=O)C(Nc1ccc(F)cc1)c1ccc(SC)cc1. The van der Waals surface area contributed by atoms with Gasteiger partial charge in [0.15, 0.2) is 6.04 Å². The van der Waals surface area contributed by atoms with Gasteiger partial charge < -0.3 is 10.1 Å². The summed E-state index contributed by atoms with van der Waals surface area (Å²) in [7, 11) is 1.35. The Morgan fingerprint density at radius 2 is 1.76 bits per heavy atom. The molecular formula is C16H16FNO2S. The highest BCUT2D eigenvalue weighted by Crippen LogP contribution is 2.23. The van der Waals surface area contributed by atoms with Crippen LogP contribution in [0.4, 0.5) is 10.1 Å². The molecular weight excluding hydrogens is 289 g/mol. The molecule has 2 rings (SSSR count). The third-order valence-electron chi connectivity index (χ3n) is 3.04.